The summed E-state index contributed by atoms with van der Waals surface area (Å²) in [5.74, 6) is -0.824. The van der Waals surface area contributed by atoms with Crippen LogP contribution in [0.5, 0.6) is 0 Å². The maximum atomic E-state index is 12.4. The Morgan fingerprint density at radius 1 is 1.32 bits per heavy atom. The van der Waals surface area contributed by atoms with Crippen molar-refractivity contribution in [2.24, 2.45) is 5.92 Å². The van der Waals surface area contributed by atoms with E-state index in [4.69, 9.17) is 14.2 Å². The van der Waals surface area contributed by atoms with E-state index < -0.39 is 0 Å². The van der Waals surface area contributed by atoms with Crippen molar-refractivity contribution in [2.45, 2.75) is 63.3 Å². The van der Waals surface area contributed by atoms with Crippen LogP contribution in [0.25, 0.3) is 11.0 Å². The maximum absolute atomic E-state index is 12.4. The van der Waals surface area contributed by atoms with Crippen molar-refractivity contribution >= 4 is 23.0 Å². The van der Waals surface area contributed by atoms with Crippen molar-refractivity contribution in [3.63, 3.8) is 0 Å². The molecule has 3 aliphatic rings. The average Bonchev–Trinajstić information content (AvgIpc) is 3.41. The number of carbonyl (C=O) groups is 2. The molecule has 178 valence electrons. The van der Waals surface area contributed by atoms with Gasteiger partial charge in [-0.25, -0.2) is 9.78 Å². The molecule has 2 saturated heterocycles. The summed E-state index contributed by atoms with van der Waals surface area (Å²) in [4.78, 5) is 43.9. The molecule has 0 saturated carbocycles. The van der Waals surface area contributed by atoms with Gasteiger partial charge in [0.25, 0.3) is 5.56 Å². The lowest BCUT2D eigenvalue weighted by molar-refractivity contribution is -0.143. The number of aromatic amines is 1. The van der Waals surface area contributed by atoms with Crippen molar-refractivity contribution in [3.05, 3.63) is 64.1 Å². The van der Waals surface area contributed by atoms with Crippen molar-refractivity contribution in [1.82, 2.24) is 9.97 Å². The van der Waals surface area contributed by atoms with Gasteiger partial charge in [0.2, 0.25) is 0 Å². The highest BCUT2D eigenvalue weighted by Crippen LogP contribution is 2.49. The van der Waals surface area contributed by atoms with Crippen LogP contribution >= 0.6 is 0 Å². The van der Waals surface area contributed by atoms with Crippen LogP contribution in [-0.4, -0.2) is 46.3 Å². The Balaban J connectivity index is 1.19. The number of hydrogen-bond donors (Lipinski definition) is 1. The molecule has 0 spiro atoms. The normalized spacial score (nSPS) is 30.0. The molecule has 0 radical (unpaired) electrons. The van der Waals surface area contributed by atoms with Crippen molar-refractivity contribution < 1.29 is 23.8 Å². The minimum Gasteiger partial charge on any atom is -0.461 e. The zero-order valence-electron chi connectivity index (χ0n) is 19.2. The van der Waals surface area contributed by atoms with E-state index in [0.717, 1.165) is 18.4 Å². The van der Waals surface area contributed by atoms with Crippen LogP contribution in [0, 0.1) is 5.92 Å². The quantitative estimate of drug-likeness (QED) is 0.313. The van der Waals surface area contributed by atoms with Crippen LogP contribution in [0.4, 0.5) is 0 Å². The topological polar surface area (TPSA) is 111 Å². The smallest absolute Gasteiger partial charge is 0.334 e. The molecule has 0 amide bonds. The zero-order valence-corrected chi connectivity index (χ0v) is 19.2. The number of benzene rings is 1. The van der Waals surface area contributed by atoms with E-state index in [9.17, 15) is 14.4 Å². The lowest BCUT2D eigenvalue weighted by Crippen LogP contribution is -2.29. The standard InChI is InChI=1S/C26H28N2O6/c1-15-17-10-9-16(6-5-13-26(2)23(34-26)22(17)33-25(15)31)14-32-21(29)12-11-20-24(30)28-19-8-4-3-7-18(19)27-20/h3-4,6-8,17,22-23H,1,5,9-14H2,2H3,(H,28,30)/b16-6+/t17-,22-,23-,26+/m0/s1. The largest absolute Gasteiger partial charge is 0.461 e. The molecule has 2 aliphatic heterocycles. The fourth-order valence-electron chi connectivity index (χ4n) is 4.95. The number of epoxide rings is 1. The molecule has 8 nitrogen and oxygen atoms in total. The number of aryl methyl sites for hydroxylation is 1. The van der Waals surface area contributed by atoms with Crippen LogP contribution < -0.4 is 5.56 Å². The second-order valence-corrected chi connectivity index (χ2v) is 9.48. The van der Waals surface area contributed by atoms with Gasteiger partial charge in [0.05, 0.1) is 23.1 Å². The first kappa shape index (κ1) is 22.5. The minimum atomic E-state index is -0.383. The van der Waals surface area contributed by atoms with E-state index in [-0.39, 0.29) is 60.7 Å². The summed E-state index contributed by atoms with van der Waals surface area (Å²) in [5, 5.41) is 0. The highest BCUT2D eigenvalue weighted by molar-refractivity contribution is 5.91. The van der Waals surface area contributed by atoms with E-state index in [1.54, 1.807) is 6.07 Å². The average molecular weight is 465 g/mol. The number of nitrogens with zero attached hydrogens (tertiary/aromatic N) is 1. The number of rotatable bonds is 5. The number of carbonyl (C=O) groups excluding carboxylic acids is 2. The first-order chi connectivity index (χ1) is 16.3. The summed E-state index contributed by atoms with van der Waals surface area (Å²) in [6.45, 7) is 6.15. The van der Waals surface area contributed by atoms with Crippen molar-refractivity contribution in [1.29, 1.82) is 0 Å². The molecule has 0 unspecified atom stereocenters. The van der Waals surface area contributed by atoms with Gasteiger partial charge >= 0.3 is 11.9 Å². The number of aromatic nitrogens is 2. The molecule has 8 heteroatoms. The van der Waals surface area contributed by atoms with Gasteiger partial charge in [0.15, 0.2) is 0 Å². The van der Waals surface area contributed by atoms with Crippen LogP contribution in [0.15, 0.2) is 52.9 Å². The minimum absolute atomic E-state index is 0.0686. The molecule has 1 aliphatic carbocycles. The van der Waals surface area contributed by atoms with Gasteiger partial charge in [-0.2, -0.15) is 0 Å². The Kier molecular flexibility index (Phi) is 5.85. The number of H-pyrrole nitrogens is 1. The summed E-state index contributed by atoms with van der Waals surface area (Å²) < 4.78 is 17.0. The summed E-state index contributed by atoms with van der Waals surface area (Å²) in [7, 11) is 0. The predicted molar refractivity (Wildman–Crippen MR) is 124 cm³/mol. The molecule has 4 atom stereocenters. The highest BCUT2D eigenvalue weighted by atomic mass is 16.6. The third kappa shape index (κ3) is 4.42. The van der Waals surface area contributed by atoms with E-state index >= 15 is 0 Å². The third-order valence-electron chi connectivity index (χ3n) is 7.09. The SMILES string of the molecule is C=C1C(=O)O[C@H]2[C@H]1CC/C(COC(=O)CCc1nc3ccccc3[nH]c1=O)=C\CC[C@@]1(C)O[C@@H]21. The number of hydrogen-bond acceptors (Lipinski definition) is 7. The second kappa shape index (κ2) is 8.83. The number of esters is 2. The number of ether oxygens (including phenoxy) is 3. The van der Waals surface area contributed by atoms with Crippen LogP contribution in [-0.2, 0) is 30.2 Å². The molecule has 3 heterocycles. The van der Waals surface area contributed by atoms with Gasteiger partial charge in [-0.15, -0.1) is 0 Å². The highest BCUT2D eigenvalue weighted by Gasteiger charge is 2.61. The first-order valence-electron chi connectivity index (χ1n) is 11.7. The molecular formula is C26H28N2O6. The molecule has 5 rings (SSSR count). The Hall–Kier alpha value is -3.26. The number of para-hydroxylation sites is 2. The second-order valence-electron chi connectivity index (χ2n) is 9.48. The van der Waals surface area contributed by atoms with Gasteiger partial charge in [0, 0.05) is 17.9 Å². The molecule has 2 aromatic rings. The van der Waals surface area contributed by atoms with E-state index in [0.29, 0.717) is 35.1 Å². The fraction of sp³-hybridized carbons (Fsp3) is 0.462. The molecule has 1 N–H and O–H groups in total. The molecular weight excluding hydrogens is 436 g/mol. The zero-order chi connectivity index (χ0) is 23.9. The van der Waals surface area contributed by atoms with Crippen LogP contribution in [0.1, 0.15) is 44.7 Å². The molecule has 0 bridgehead atoms. The number of nitrogens with one attached hydrogen (secondary N) is 1. The Morgan fingerprint density at radius 3 is 3.00 bits per heavy atom. The molecule has 2 fully saturated rings. The fourth-order valence-corrected chi connectivity index (χ4v) is 4.95. The van der Waals surface area contributed by atoms with E-state index in [1.807, 2.05) is 25.1 Å². The first-order valence-corrected chi connectivity index (χ1v) is 11.7. The van der Waals surface area contributed by atoms with Gasteiger partial charge in [-0.05, 0) is 50.3 Å². The molecule has 1 aromatic heterocycles. The third-order valence-corrected chi connectivity index (χ3v) is 7.09. The number of fused-ring (bicyclic) bond motifs is 4. The predicted octanol–water partition coefficient (Wildman–Crippen LogP) is 3.15. The van der Waals surface area contributed by atoms with E-state index in [2.05, 4.69) is 22.6 Å². The maximum Gasteiger partial charge on any atom is 0.334 e. The summed E-state index contributed by atoms with van der Waals surface area (Å²) in [6, 6.07) is 7.28. The lowest BCUT2D eigenvalue weighted by Gasteiger charge is -2.20. The Morgan fingerprint density at radius 2 is 2.15 bits per heavy atom. The lowest BCUT2D eigenvalue weighted by atomic mass is 9.84. The molecule has 1 aromatic carbocycles. The van der Waals surface area contributed by atoms with Crippen molar-refractivity contribution in [2.75, 3.05) is 6.61 Å². The summed E-state index contributed by atoms with van der Waals surface area (Å²) >= 11 is 0. The summed E-state index contributed by atoms with van der Waals surface area (Å²) in [6.07, 6.45) is 4.97. The Bertz CT molecular complexity index is 1250. The van der Waals surface area contributed by atoms with Gasteiger partial charge in [-0.3, -0.25) is 9.59 Å². The molecule has 34 heavy (non-hydrogen) atoms. The van der Waals surface area contributed by atoms with Crippen molar-refractivity contribution in [3.8, 4) is 0 Å². The number of allylic oxidation sites excluding steroid dienone is 1. The monoisotopic (exact) mass is 464 g/mol. The Labute approximate surface area is 197 Å². The van der Waals surface area contributed by atoms with E-state index in [1.165, 1.54) is 0 Å². The van der Waals surface area contributed by atoms with Crippen LogP contribution in [0.3, 0.4) is 0 Å². The van der Waals surface area contributed by atoms with Gasteiger partial charge < -0.3 is 19.2 Å². The van der Waals surface area contributed by atoms with Crippen LogP contribution in [0.2, 0.25) is 0 Å². The van der Waals surface area contributed by atoms with Gasteiger partial charge in [-0.1, -0.05) is 24.8 Å². The summed E-state index contributed by atoms with van der Waals surface area (Å²) in [5.41, 5.74) is 2.56. The van der Waals surface area contributed by atoms with Gasteiger partial charge in [0.1, 0.15) is 24.5 Å².